The summed E-state index contributed by atoms with van der Waals surface area (Å²) in [4.78, 5) is 6.44. The zero-order valence-corrected chi connectivity index (χ0v) is 12.1. The second kappa shape index (κ2) is 5.53. The molecule has 1 N–H and O–H groups in total. The first kappa shape index (κ1) is 13.0. The standard InChI is InChI=1S/C17H21N3/c1-20(2)17-9-8-15(12-18-17)19-16-10-14(11-16)13-6-4-3-5-7-13/h3-9,12,14,16,19H,10-11H2,1-2H3. The Hall–Kier alpha value is -2.03. The van der Waals surface area contributed by atoms with Crippen LogP contribution in [0.1, 0.15) is 24.3 Å². The van der Waals surface area contributed by atoms with Crippen LogP contribution in [0, 0.1) is 0 Å². The van der Waals surface area contributed by atoms with Crippen LogP contribution in [0.3, 0.4) is 0 Å². The summed E-state index contributed by atoms with van der Waals surface area (Å²) in [5, 5.41) is 3.56. The van der Waals surface area contributed by atoms with Crippen molar-refractivity contribution in [2.75, 3.05) is 24.3 Å². The molecule has 3 heteroatoms. The van der Waals surface area contributed by atoms with Crippen LogP contribution in [0.25, 0.3) is 0 Å². The van der Waals surface area contributed by atoms with Crippen molar-refractivity contribution >= 4 is 11.5 Å². The van der Waals surface area contributed by atoms with Gasteiger partial charge in [-0.2, -0.15) is 0 Å². The first-order valence-electron chi connectivity index (χ1n) is 7.17. The first-order chi connectivity index (χ1) is 9.72. The van der Waals surface area contributed by atoms with Crippen molar-refractivity contribution in [3.8, 4) is 0 Å². The number of hydrogen-bond acceptors (Lipinski definition) is 3. The first-order valence-corrected chi connectivity index (χ1v) is 7.17. The fourth-order valence-electron chi connectivity index (χ4n) is 2.70. The van der Waals surface area contributed by atoms with E-state index in [9.17, 15) is 0 Å². The molecule has 3 rings (SSSR count). The van der Waals surface area contributed by atoms with Crippen molar-refractivity contribution in [3.63, 3.8) is 0 Å². The maximum absolute atomic E-state index is 4.43. The maximum atomic E-state index is 4.43. The van der Waals surface area contributed by atoms with Crippen LogP contribution in [-0.4, -0.2) is 25.1 Å². The van der Waals surface area contributed by atoms with E-state index in [0.29, 0.717) is 12.0 Å². The summed E-state index contributed by atoms with van der Waals surface area (Å²) in [7, 11) is 4.01. The van der Waals surface area contributed by atoms with Gasteiger partial charge in [-0.3, -0.25) is 0 Å². The molecule has 1 heterocycles. The van der Waals surface area contributed by atoms with Crippen LogP contribution in [0.2, 0.25) is 0 Å². The number of aromatic nitrogens is 1. The summed E-state index contributed by atoms with van der Waals surface area (Å²) in [5.41, 5.74) is 2.58. The molecule has 0 amide bonds. The van der Waals surface area contributed by atoms with E-state index in [1.54, 1.807) is 0 Å². The molecule has 104 valence electrons. The second-order valence-electron chi connectivity index (χ2n) is 5.72. The van der Waals surface area contributed by atoms with Crippen LogP contribution in [0.4, 0.5) is 11.5 Å². The van der Waals surface area contributed by atoms with E-state index in [0.717, 1.165) is 11.5 Å². The lowest BCUT2D eigenvalue weighted by Crippen LogP contribution is -2.34. The number of benzene rings is 1. The molecule has 0 bridgehead atoms. The highest BCUT2D eigenvalue weighted by atomic mass is 15.1. The summed E-state index contributed by atoms with van der Waals surface area (Å²) in [5.74, 6) is 1.70. The molecule has 2 aromatic rings. The van der Waals surface area contributed by atoms with E-state index in [4.69, 9.17) is 0 Å². The molecule has 0 atom stereocenters. The quantitative estimate of drug-likeness (QED) is 0.919. The minimum absolute atomic E-state index is 0.576. The lowest BCUT2D eigenvalue weighted by molar-refractivity contribution is 0.374. The normalized spacial score (nSPS) is 21.1. The predicted molar refractivity (Wildman–Crippen MR) is 84.4 cm³/mol. The van der Waals surface area contributed by atoms with Gasteiger partial charge in [0, 0.05) is 20.1 Å². The topological polar surface area (TPSA) is 28.2 Å². The Morgan fingerprint density at radius 1 is 1.05 bits per heavy atom. The molecule has 0 radical (unpaired) electrons. The summed E-state index contributed by atoms with van der Waals surface area (Å²) in [6.45, 7) is 0. The van der Waals surface area contributed by atoms with Gasteiger partial charge in [0.15, 0.2) is 0 Å². The van der Waals surface area contributed by atoms with Crippen molar-refractivity contribution < 1.29 is 0 Å². The molecule has 0 aliphatic heterocycles. The Morgan fingerprint density at radius 3 is 2.40 bits per heavy atom. The number of nitrogens with zero attached hydrogens (tertiary/aromatic N) is 2. The third-order valence-corrected chi connectivity index (χ3v) is 3.99. The zero-order chi connectivity index (χ0) is 13.9. The molecule has 1 aromatic heterocycles. The van der Waals surface area contributed by atoms with Gasteiger partial charge in [-0.1, -0.05) is 30.3 Å². The molecule has 1 fully saturated rings. The van der Waals surface area contributed by atoms with E-state index >= 15 is 0 Å². The Bertz CT molecular complexity index is 542. The van der Waals surface area contributed by atoms with E-state index in [-0.39, 0.29) is 0 Å². The smallest absolute Gasteiger partial charge is 0.128 e. The molecule has 1 aromatic carbocycles. The van der Waals surface area contributed by atoms with Crippen molar-refractivity contribution in [2.45, 2.75) is 24.8 Å². The predicted octanol–water partition coefficient (Wildman–Crippen LogP) is 3.51. The van der Waals surface area contributed by atoms with Crippen molar-refractivity contribution in [1.29, 1.82) is 0 Å². The Balaban J connectivity index is 1.54. The highest BCUT2D eigenvalue weighted by Gasteiger charge is 2.29. The van der Waals surface area contributed by atoms with E-state index in [1.807, 2.05) is 25.2 Å². The summed E-state index contributed by atoms with van der Waals surface area (Å²) in [6.07, 6.45) is 4.34. The number of pyridine rings is 1. The Morgan fingerprint density at radius 2 is 1.80 bits per heavy atom. The minimum Gasteiger partial charge on any atom is -0.381 e. The second-order valence-corrected chi connectivity index (χ2v) is 5.72. The average Bonchev–Trinajstić information content (AvgIpc) is 2.44. The van der Waals surface area contributed by atoms with Gasteiger partial charge >= 0.3 is 0 Å². The van der Waals surface area contributed by atoms with Crippen molar-refractivity contribution in [3.05, 3.63) is 54.2 Å². The van der Waals surface area contributed by atoms with Gasteiger partial charge in [-0.05, 0) is 36.5 Å². The van der Waals surface area contributed by atoms with Gasteiger partial charge < -0.3 is 10.2 Å². The summed E-state index contributed by atoms with van der Waals surface area (Å²) >= 11 is 0. The average molecular weight is 267 g/mol. The van der Waals surface area contributed by atoms with Gasteiger partial charge in [-0.25, -0.2) is 4.98 Å². The fourth-order valence-corrected chi connectivity index (χ4v) is 2.70. The zero-order valence-electron chi connectivity index (χ0n) is 12.1. The summed E-state index contributed by atoms with van der Waals surface area (Å²) < 4.78 is 0. The fraction of sp³-hybridized carbons (Fsp3) is 0.353. The minimum atomic E-state index is 0.576. The van der Waals surface area contributed by atoms with Crippen LogP contribution in [0.15, 0.2) is 48.7 Å². The monoisotopic (exact) mass is 267 g/mol. The van der Waals surface area contributed by atoms with Gasteiger partial charge in [0.05, 0.1) is 11.9 Å². The number of rotatable bonds is 4. The van der Waals surface area contributed by atoms with Gasteiger partial charge in [-0.15, -0.1) is 0 Å². The third-order valence-electron chi connectivity index (χ3n) is 3.99. The lowest BCUT2D eigenvalue weighted by atomic mass is 9.76. The third kappa shape index (κ3) is 2.77. The highest BCUT2D eigenvalue weighted by molar-refractivity contribution is 5.49. The Labute approximate surface area is 120 Å². The van der Waals surface area contributed by atoms with Crippen LogP contribution in [-0.2, 0) is 0 Å². The molecule has 1 aliphatic rings. The SMILES string of the molecule is CN(C)c1ccc(NC2CC(c3ccccc3)C2)cn1. The Kier molecular flexibility index (Phi) is 3.59. The molecule has 0 spiro atoms. The molecule has 0 unspecified atom stereocenters. The van der Waals surface area contributed by atoms with Crippen molar-refractivity contribution in [2.24, 2.45) is 0 Å². The highest BCUT2D eigenvalue weighted by Crippen LogP contribution is 2.38. The van der Waals surface area contributed by atoms with Gasteiger partial charge in [0.1, 0.15) is 5.82 Å². The molecule has 20 heavy (non-hydrogen) atoms. The number of anilines is 2. The molecule has 0 saturated heterocycles. The van der Waals surface area contributed by atoms with E-state index in [1.165, 1.54) is 18.4 Å². The van der Waals surface area contributed by atoms with Gasteiger partial charge in [0.25, 0.3) is 0 Å². The molecule has 1 aliphatic carbocycles. The largest absolute Gasteiger partial charge is 0.381 e. The number of nitrogens with one attached hydrogen (secondary N) is 1. The number of hydrogen-bond donors (Lipinski definition) is 1. The molecule has 3 nitrogen and oxygen atoms in total. The van der Waals surface area contributed by atoms with Gasteiger partial charge in [0.2, 0.25) is 0 Å². The van der Waals surface area contributed by atoms with Crippen molar-refractivity contribution in [1.82, 2.24) is 4.98 Å². The van der Waals surface area contributed by atoms with Crippen LogP contribution >= 0.6 is 0 Å². The summed E-state index contributed by atoms with van der Waals surface area (Å²) in [6, 6.07) is 15.5. The molecular weight excluding hydrogens is 246 g/mol. The molecular formula is C17H21N3. The van der Waals surface area contributed by atoms with E-state index in [2.05, 4.69) is 52.8 Å². The maximum Gasteiger partial charge on any atom is 0.128 e. The van der Waals surface area contributed by atoms with Crippen LogP contribution in [0.5, 0.6) is 0 Å². The van der Waals surface area contributed by atoms with Crippen LogP contribution < -0.4 is 10.2 Å². The molecule has 1 saturated carbocycles. The van der Waals surface area contributed by atoms with E-state index < -0.39 is 0 Å². The lowest BCUT2D eigenvalue weighted by Gasteiger charge is -2.36.